The first-order valence-electron chi connectivity index (χ1n) is 7.19. The molecule has 0 spiro atoms. The molecule has 1 rings (SSSR count). The van der Waals surface area contributed by atoms with E-state index in [1.54, 1.807) is 0 Å². The summed E-state index contributed by atoms with van der Waals surface area (Å²) in [6.07, 6.45) is 1.22. The molecule has 0 saturated heterocycles. The van der Waals surface area contributed by atoms with Gasteiger partial charge in [0.05, 0.1) is 0 Å². The van der Waals surface area contributed by atoms with E-state index >= 15 is 0 Å². The van der Waals surface area contributed by atoms with Crippen molar-refractivity contribution in [2.24, 2.45) is 0 Å². The van der Waals surface area contributed by atoms with Crippen molar-refractivity contribution in [2.45, 2.75) is 51.9 Å². The van der Waals surface area contributed by atoms with Crippen LogP contribution < -0.4 is 5.32 Å². The van der Waals surface area contributed by atoms with E-state index in [1.807, 2.05) is 0 Å². The molecule has 1 aromatic carbocycles. The highest BCUT2D eigenvalue weighted by Crippen LogP contribution is 2.26. The number of hydrogen-bond acceptors (Lipinski definition) is 1. The fourth-order valence-electron chi connectivity index (χ4n) is 2.42. The van der Waals surface area contributed by atoms with Crippen molar-refractivity contribution < 1.29 is 0 Å². The van der Waals surface area contributed by atoms with Crippen molar-refractivity contribution in [1.82, 2.24) is 5.32 Å². The molecule has 0 aliphatic carbocycles. The number of rotatable bonds is 7. The van der Waals surface area contributed by atoms with Crippen molar-refractivity contribution in [3.05, 3.63) is 35.4 Å². The van der Waals surface area contributed by atoms with Gasteiger partial charge in [-0.2, -0.15) is 0 Å². The first-order chi connectivity index (χ1) is 8.42. The fraction of sp³-hybridized carbons (Fsp3) is 0.625. The molecule has 0 bridgehead atoms. The summed E-state index contributed by atoms with van der Waals surface area (Å²) < 4.78 is 0. The maximum absolute atomic E-state index is 3.60. The third kappa shape index (κ3) is 5.83. The molecule has 0 amide bonds. The van der Waals surface area contributed by atoms with Gasteiger partial charge in [-0.15, -0.1) is 0 Å². The molecule has 0 aliphatic heterocycles. The van der Waals surface area contributed by atoms with Crippen LogP contribution in [0.5, 0.6) is 0 Å². The van der Waals surface area contributed by atoms with Crippen molar-refractivity contribution >= 4 is 8.07 Å². The molecule has 0 fully saturated rings. The summed E-state index contributed by atoms with van der Waals surface area (Å²) in [7, 11) is -1.02. The summed E-state index contributed by atoms with van der Waals surface area (Å²) in [5.41, 5.74) is 2.89. The van der Waals surface area contributed by atoms with E-state index in [0.717, 1.165) is 13.1 Å². The van der Waals surface area contributed by atoms with Crippen LogP contribution in [0.1, 0.15) is 30.4 Å². The van der Waals surface area contributed by atoms with E-state index in [1.165, 1.54) is 23.6 Å². The molecule has 18 heavy (non-hydrogen) atoms. The van der Waals surface area contributed by atoms with Crippen LogP contribution in [0.2, 0.25) is 25.7 Å². The monoisotopic (exact) mass is 263 g/mol. The van der Waals surface area contributed by atoms with Crippen molar-refractivity contribution in [3.63, 3.8) is 0 Å². The maximum atomic E-state index is 3.60. The standard InChI is InChI=1S/C16H29NSi/c1-6-10-17-12-16(13-18(3,4)5)15-9-7-8-14(2)11-15/h7-9,11,16-17H,6,10,12-13H2,1-5H3. The van der Waals surface area contributed by atoms with E-state index in [-0.39, 0.29) is 0 Å². The number of hydrogen-bond donors (Lipinski definition) is 1. The Bertz CT molecular complexity index is 354. The Balaban J connectivity index is 2.76. The SMILES string of the molecule is CCCNCC(C[Si](C)(C)C)c1cccc(C)c1. The Morgan fingerprint density at radius 3 is 2.50 bits per heavy atom. The van der Waals surface area contributed by atoms with Gasteiger partial charge in [-0.05, 0) is 37.4 Å². The van der Waals surface area contributed by atoms with E-state index in [4.69, 9.17) is 0 Å². The lowest BCUT2D eigenvalue weighted by Gasteiger charge is -2.25. The second kappa shape index (κ2) is 7.10. The molecule has 0 saturated carbocycles. The second-order valence-corrected chi connectivity index (χ2v) is 12.1. The zero-order valence-corrected chi connectivity index (χ0v) is 13.7. The lowest BCUT2D eigenvalue weighted by atomic mass is 9.99. The van der Waals surface area contributed by atoms with E-state index < -0.39 is 8.07 Å². The highest BCUT2D eigenvalue weighted by molar-refractivity contribution is 6.76. The summed E-state index contributed by atoms with van der Waals surface area (Å²) in [5.74, 6) is 0.683. The van der Waals surface area contributed by atoms with E-state index in [0.29, 0.717) is 5.92 Å². The van der Waals surface area contributed by atoms with Crippen LogP contribution >= 0.6 is 0 Å². The number of aryl methyl sites for hydroxylation is 1. The Morgan fingerprint density at radius 2 is 1.94 bits per heavy atom. The fourth-order valence-corrected chi connectivity index (χ4v) is 4.28. The van der Waals surface area contributed by atoms with Gasteiger partial charge >= 0.3 is 0 Å². The van der Waals surface area contributed by atoms with Crippen molar-refractivity contribution in [3.8, 4) is 0 Å². The first-order valence-corrected chi connectivity index (χ1v) is 10.9. The summed E-state index contributed by atoms with van der Waals surface area (Å²) in [6, 6.07) is 10.4. The molecule has 0 aliphatic rings. The molecule has 0 radical (unpaired) electrons. The minimum atomic E-state index is -1.02. The van der Waals surface area contributed by atoms with Crippen molar-refractivity contribution in [1.29, 1.82) is 0 Å². The Kier molecular flexibility index (Phi) is 6.10. The van der Waals surface area contributed by atoms with Gasteiger partial charge in [0.2, 0.25) is 0 Å². The van der Waals surface area contributed by atoms with Gasteiger partial charge in [0, 0.05) is 14.6 Å². The lowest BCUT2D eigenvalue weighted by Crippen LogP contribution is -2.29. The third-order valence-electron chi connectivity index (χ3n) is 3.19. The third-order valence-corrected chi connectivity index (χ3v) is 4.91. The molecular weight excluding hydrogens is 234 g/mol. The molecule has 102 valence electrons. The predicted octanol–water partition coefficient (Wildman–Crippen LogP) is 4.42. The second-order valence-electron chi connectivity index (χ2n) is 6.58. The average molecular weight is 264 g/mol. The average Bonchev–Trinajstić information content (AvgIpc) is 2.26. The molecular formula is C16H29NSi. The summed E-state index contributed by atoms with van der Waals surface area (Å²) in [4.78, 5) is 0. The van der Waals surface area contributed by atoms with Crippen LogP contribution in [0.3, 0.4) is 0 Å². The van der Waals surface area contributed by atoms with Crippen LogP contribution in [0.4, 0.5) is 0 Å². The van der Waals surface area contributed by atoms with Gasteiger partial charge < -0.3 is 5.32 Å². The topological polar surface area (TPSA) is 12.0 Å². The minimum absolute atomic E-state index is 0.683. The van der Waals surface area contributed by atoms with Gasteiger partial charge in [-0.1, -0.05) is 56.4 Å². The summed E-state index contributed by atoms with van der Waals surface area (Å²) in [6.45, 7) is 14.1. The predicted molar refractivity (Wildman–Crippen MR) is 85.2 cm³/mol. The van der Waals surface area contributed by atoms with Gasteiger partial charge in [-0.25, -0.2) is 0 Å². The molecule has 1 nitrogen and oxygen atoms in total. The molecule has 1 aromatic rings. The van der Waals surface area contributed by atoms with Gasteiger partial charge in [-0.3, -0.25) is 0 Å². The number of benzene rings is 1. The largest absolute Gasteiger partial charge is 0.316 e. The molecule has 2 heteroatoms. The lowest BCUT2D eigenvalue weighted by molar-refractivity contribution is 0.604. The Labute approximate surface area is 114 Å². The van der Waals surface area contributed by atoms with Crippen LogP contribution in [0.15, 0.2) is 24.3 Å². The molecule has 0 aromatic heterocycles. The van der Waals surface area contributed by atoms with Crippen LogP contribution in [0, 0.1) is 6.92 Å². The molecule has 1 unspecified atom stereocenters. The first kappa shape index (κ1) is 15.5. The Hall–Kier alpha value is -0.603. The molecule has 0 heterocycles. The van der Waals surface area contributed by atoms with Gasteiger partial charge in [0.25, 0.3) is 0 Å². The van der Waals surface area contributed by atoms with Gasteiger partial charge in [0.1, 0.15) is 0 Å². The minimum Gasteiger partial charge on any atom is -0.316 e. The summed E-state index contributed by atoms with van der Waals surface area (Å²) in [5, 5.41) is 3.60. The quantitative estimate of drug-likeness (QED) is 0.567. The molecule has 1 N–H and O–H groups in total. The maximum Gasteiger partial charge on any atom is 0.0449 e. The van der Waals surface area contributed by atoms with Gasteiger partial charge in [0.15, 0.2) is 0 Å². The molecule has 1 atom stereocenters. The van der Waals surface area contributed by atoms with Crippen molar-refractivity contribution in [2.75, 3.05) is 13.1 Å². The Morgan fingerprint density at radius 1 is 1.22 bits per heavy atom. The zero-order chi connectivity index (χ0) is 13.6. The van der Waals surface area contributed by atoms with Crippen LogP contribution in [-0.2, 0) is 0 Å². The highest BCUT2D eigenvalue weighted by Gasteiger charge is 2.21. The smallest absolute Gasteiger partial charge is 0.0449 e. The summed E-state index contributed by atoms with van der Waals surface area (Å²) >= 11 is 0. The highest BCUT2D eigenvalue weighted by atomic mass is 28.3. The number of nitrogens with one attached hydrogen (secondary N) is 1. The van der Waals surface area contributed by atoms with E-state index in [9.17, 15) is 0 Å². The zero-order valence-electron chi connectivity index (χ0n) is 12.7. The van der Waals surface area contributed by atoms with Crippen LogP contribution in [-0.4, -0.2) is 21.2 Å². The van der Waals surface area contributed by atoms with Crippen LogP contribution in [0.25, 0.3) is 0 Å². The van der Waals surface area contributed by atoms with E-state index in [2.05, 4.69) is 63.1 Å². The normalized spacial score (nSPS) is 13.6.